The van der Waals surface area contributed by atoms with Crippen LogP contribution in [0.25, 0.3) is 0 Å². The molecule has 0 amide bonds. The number of hydrogen-bond donors (Lipinski definition) is 0. The molecule has 0 N–H and O–H groups in total. The number of benzene rings is 1. The van der Waals surface area contributed by atoms with Crippen LogP contribution in [0.4, 0.5) is 5.69 Å². The van der Waals surface area contributed by atoms with Gasteiger partial charge in [-0.25, -0.2) is 4.79 Å². The van der Waals surface area contributed by atoms with E-state index in [9.17, 15) is 4.79 Å². The average Bonchev–Trinajstić information content (AvgIpc) is 2.29. The molecule has 0 fully saturated rings. The van der Waals surface area contributed by atoms with E-state index in [1.54, 1.807) is 6.07 Å². The minimum Gasteiger partial charge on any atom is -0.465 e. The van der Waals surface area contributed by atoms with Gasteiger partial charge in [-0.05, 0) is 38.5 Å². The standard InChI is InChI=1S/C13H18BrNO2/c1-8(2)15(4)12-7-10(14)6-11(9(12)3)13(16)17-5/h6-8H,1-5H3. The molecule has 1 aromatic carbocycles. The second-order valence-corrected chi connectivity index (χ2v) is 5.21. The van der Waals surface area contributed by atoms with Gasteiger partial charge in [0.25, 0.3) is 0 Å². The van der Waals surface area contributed by atoms with Crippen LogP contribution in [0, 0.1) is 6.92 Å². The first kappa shape index (κ1) is 14.0. The van der Waals surface area contributed by atoms with Crippen LogP contribution in [0.3, 0.4) is 0 Å². The molecule has 0 unspecified atom stereocenters. The maximum atomic E-state index is 11.7. The van der Waals surface area contributed by atoms with Crippen LogP contribution in [0.2, 0.25) is 0 Å². The Balaban J connectivity index is 3.33. The maximum absolute atomic E-state index is 11.7. The fraction of sp³-hybridized carbons (Fsp3) is 0.462. The predicted molar refractivity (Wildman–Crippen MR) is 73.8 cm³/mol. The monoisotopic (exact) mass is 299 g/mol. The summed E-state index contributed by atoms with van der Waals surface area (Å²) in [6, 6.07) is 4.18. The zero-order chi connectivity index (χ0) is 13.2. The summed E-state index contributed by atoms with van der Waals surface area (Å²) in [5.74, 6) is -0.304. The fourth-order valence-electron chi connectivity index (χ4n) is 1.63. The van der Waals surface area contributed by atoms with Gasteiger partial charge in [0.2, 0.25) is 0 Å². The van der Waals surface area contributed by atoms with E-state index in [4.69, 9.17) is 4.74 Å². The molecular formula is C13H18BrNO2. The highest BCUT2D eigenvalue weighted by atomic mass is 79.9. The molecule has 1 rings (SSSR count). The van der Waals surface area contributed by atoms with Crippen molar-refractivity contribution < 1.29 is 9.53 Å². The predicted octanol–water partition coefficient (Wildman–Crippen LogP) is 3.39. The zero-order valence-electron chi connectivity index (χ0n) is 10.9. The normalized spacial score (nSPS) is 10.5. The van der Waals surface area contributed by atoms with Crippen molar-refractivity contribution in [2.24, 2.45) is 0 Å². The number of carbonyl (C=O) groups is 1. The quantitative estimate of drug-likeness (QED) is 0.801. The Morgan fingerprint density at radius 2 is 2.00 bits per heavy atom. The average molecular weight is 300 g/mol. The summed E-state index contributed by atoms with van der Waals surface area (Å²) in [6.07, 6.45) is 0. The molecule has 0 saturated heterocycles. The van der Waals surface area contributed by atoms with Crippen molar-refractivity contribution in [2.45, 2.75) is 26.8 Å². The molecule has 0 aliphatic rings. The lowest BCUT2D eigenvalue weighted by Crippen LogP contribution is -2.27. The smallest absolute Gasteiger partial charge is 0.338 e. The van der Waals surface area contributed by atoms with E-state index >= 15 is 0 Å². The first-order valence-electron chi connectivity index (χ1n) is 5.49. The van der Waals surface area contributed by atoms with Gasteiger partial charge >= 0.3 is 5.97 Å². The Hall–Kier alpha value is -1.03. The number of carbonyl (C=O) groups excluding carboxylic acids is 1. The first-order chi connectivity index (χ1) is 7.88. The molecule has 0 bridgehead atoms. The van der Waals surface area contributed by atoms with Gasteiger partial charge in [0.15, 0.2) is 0 Å². The largest absolute Gasteiger partial charge is 0.465 e. The second kappa shape index (κ2) is 5.54. The van der Waals surface area contributed by atoms with E-state index in [2.05, 4.69) is 34.7 Å². The molecule has 0 atom stereocenters. The Bertz CT molecular complexity index is 430. The van der Waals surface area contributed by atoms with Gasteiger partial charge < -0.3 is 9.64 Å². The summed E-state index contributed by atoms with van der Waals surface area (Å²) >= 11 is 3.43. The van der Waals surface area contributed by atoms with E-state index < -0.39 is 0 Å². The lowest BCUT2D eigenvalue weighted by atomic mass is 10.1. The van der Waals surface area contributed by atoms with Crippen LogP contribution >= 0.6 is 15.9 Å². The molecule has 17 heavy (non-hydrogen) atoms. The van der Waals surface area contributed by atoms with Gasteiger partial charge in [0.1, 0.15) is 0 Å². The van der Waals surface area contributed by atoms with E-state index in [1.165, 1.54) is 7.11 Å². The lowest BCUT2D eigenvalue weighted by molar-refractivity contribution is 0.0600. The number of rotatable bonds is 3. The van der Waals surface area contributed by atoms with Crippen molar-refractivity contribution in [3.05, 3.63) is 27.7 Å². The molecule has 0 aliphatic carbocycles. The van der Waals surface area contributed by atoms with Crippen LogP contribution in [0.1, 0.15) is 29.8 Å². The molecule has 0 saturated carbocycles. The van der Waals surface area contributed by atoms with Gasteiger partial charge in [0, 0.05) is 23.2 Å². The van der Waals surface area contributed by atoms with Gasteiger partial charge in [0.05, 0.1) is 12.7 Å². The van der Waals surface area contributed by atoms with Crippen molar-refractivity contribution in [3.8, 4) is 0 Å². The Morgan fingerprint density at radius 1 is 1.41 bits per heavy atom. The van der Waals surface area contributed by atoms with Crippen molar-refractivity contribution >= 4 is 27.6 Å². The SMILES string of the molecule is COC(=O)c1cc(Br)cc(N(C)C(C)C)c1C. The molecule has 0 radical (unpaired) electrons. The number of hydrogen-bond acceptors (Lipinski definition) is 3. The summed E-state index contributed by atoms with van der Waals surface area (Å²) in [7, 11) is 3.41. The highest BCUT2D eigenvalue weighted by Crippen LogP contribution is 2.29. The summed E-state index contributed by atoms with van der Waals surface area (Å²) < 4.78 is 5.67. The van der Waals surface area contributed by atoms with E-state index in [-0.39, 0.29) is 5.97 Å². The topological polar surface area (TPSA) is 29.5 Å². The minimum atomic E-state index is -0.304. The summed E-state index contributed by atoms with van der Waals surface area (Å²) in [6.45, 7) is 6.16. The van der Waals surface area contributed by atoms with Crippen molar-refractivity contribution in [3.63, 3.8) is 0 Å². The van der Waals surface area contributed by atoms with Crippen LogP contribution in [-0.4, -0.2) is 26.2 Å². The highest BCUT2D eigenvalue weighted by molar-refractivity contribution is 9.10. The van der Waals surface area contributed by atoms with Gasteiger partial charge in [-0.2, -0.15) is 0 Å². The van der Waals surface area contributed by atoms with Gasteiger partial charge in [-0.3, -0.25) is 0 Å². The van der Waals surface area contributed by atoms with E-state index in [0.29, 0.717) is 11.6 Å². The molecule has 1 aromatic rings. The highest BCUT2D eigenvalue weighted by Gasteiger charge is 2.17. The van der Waals surface area contributed by atoms with Gasteiger partial charge in [-0.15, -0.1) is 0 Å². The summed E-state index contributed by atoms with van der Waals surface area (Å²) in [4.78, 5) is 13.8. The Labute approximate surface area is 111 Å². The van der Waals surface area contributed by atoms with Crippen LogP contribution in [-0.2, 0) is 4.74 Å². The zero-order valence-corrected chi connectivity index (χ0v) is 12.5. The molecule has 0 spiro atoms. The number of methoxy groups -OCH3 is 1. The minimum absolute atomic E-state index is 0.304. The number of esters is 1. The van der Waals surface area contributed by atoms with Crippen LogP contribution in [0.15, 0.2) is 16.6 Å². The molecule has 0 aromatic heterocycles. The van der Waals surface area contributed by atoms with Crippen LogP contribution < -0.4 is 4.90 Å². The molecule has 3 nitrogen and oxygen atoms in total. The molecule has 0 aliphatic heterocycles. The second-order valence-electron chi connectivity index (χ2n) is 4.29. The number of ether oxygens (including phenoxy) is 1. The van der Waals surface area contributed by atoms with Crippen molar-refractivity contribution in [2.75, 3.05) is 19.1 Å². The van der Waals surface area contributed by atoms with E-state index in [1.807, 2.05) is 20.0 Å². The number of halogens is 1. The molecule has 94 valence electrons. The first-order valence-corrected chi connectivity index (χ1v) is 6.29. The molecule has 4 heteroatoms. The van der Waals surface area contributed by atoms with Crippen molar-refractivity contribution in [1.82, 2.24) is 0 Å². The van der Waals surface area contributed by atoms with Gasteiger partial charge in [-0.1, -0.05) is 15.9 Å². The van der Waals surface area contributed by atoms with Crippen LogP contribution in [0.5, 0.6) is 0 Å². The summed E-state index contributed by atoms with van der Waals surface area (Å²) in [5.41, 5.74) is 2.58. The lowest BCUT2D eigenvalue weighted by Gasteiger charge is -2.26. The number of nitrogens with zero attached hydrogens (tertiary/aromatic N) is 1. The maximum Gasteiger partial charge on any atom is 0.338 e. The number of anilines is 1. The molecular weight excluding hydrogens is 282 g/mol. The summed E-state index contributed by atoms with van der Waals surface area (Å²) in [5, 5.41) is 0. The third kappa shape index (κ3) is 3.00. The van der Waals surface area contributed by atoms with E-state index in [0.717, 1.165) is 15.7 Å². The third-order valence-electron chi connectivity index (χ3n) is 2.90. The molecule has 0 heterocycles. The Kier molecular flexibility index (Phi) is 4.57. The third-order valence-corrected chi connectivity index (χ3v) is 3.36. The fourth-order valence-corrected chi connectivity index (χ4v) is 2.08. The Morgan fingerprint density at radius 3 is 2.47 bits per heavy atom. The van der Waals surface area contributed by atoms with Crippen molar-refractivity contribution in [1.29, 1.82) is 0 Å².